The third-order valence-electron chi connectivity index (χ3n) is 2.26. The van der Waals surface area contributed by atoms with Gasteiger partial charge < -0.3 is 11.1 Å². The highest BCUT2D eigenvalue weighted by Gasteiger charge is 2.00. The number of rotatable bonds is 3. The van der Waals surface area contributed by atoms with Crippen LogP contribution in [0, 0.1) is 11.3 Å². The number of nitrogens with one attached hydrogen (secondary N) is 1. The van der Waals surface area contributed by atoms with Gasteiger partial charge in [0.15, 0.2) is 5.82 Å². The van der Waals surface area contributed by atoms with Crippen LogP contribution in [-0.4, -0.2) is 9.97 Å². The number of nitrogen functional groups attached to an aromatic ring is 1. The number of hydrogen-bond acceptors (Lipinski definition) is 5. The number of aromatic nitrogens is 2. The summed E-state index contributed by atoms with van der Waals surface area (Å²) in [6.07, 6.45) is 2.98. The Hall–Kier alpha value is -2.61. The lowest BCUT2D eigenvalue weighted by Gasteiger charge is -2.07. The summed E-state index contributed by atoms with van der Waals surface area (Å²) in [6.45, 7) is 0.566. The van der Waals surface area contributed by atoms with Gasteiger partial charge in [-0.15, -0.1) is 0 Å². The van der Waals surface area contributed by atoms with Gasteiger partial charge in [-0.2, -0.15) is 5.26 Å². The molecule has 1 aromatic carbocycles. The molecule has 0 atom stereocenters. The van der Waals surface area contributed by atoms with Crippen molar-refractivity contribution >= 4 is 11.5 Å². The molecule has 1 aromatic heterocycles. The summed E-state index contributed by atoms with van der Waals surface area (Å²) in [5.41, 5.74) is 7.85. The van der Waals surface area contributed by atoms with Crippen molar-refractivity contribution in [1.82, 2.24) is 9.97 Å². The fourth-order valence-corrected chi connectivity index (χ4v) is 1.42. The summed E-state index contributed by atoms with van der Waals surface area (Å²) in [5, 5.41) is 11.9. The van der Waals surface area contributed by atoms with E-state index in [9.17, 15) is 0 Å². The molecule has 1 heterocycles. The molecule has 5 nitrogen and oxygen atoms in total. The van der Waals surface area contributed by atoms with Crippen LogP contribution in [-0.2, 0) is 6.54 Å². The Morgan fingerprint density at radius 3 is 3.06 bits per heavy atom. The Balaban J connectivity index is 2.08. The highest BCUT2D eigenvalue weighted by molar-refractivity contribution is 5.59. The summed E-state index contributed by atoms with van der Waals surface area (Å²) in [6, 6.07) is 9.47. The van der Waals surface area contributed by atoms with E-state index in [4.69, 9.17) is 11.0 Å². The standard InChI is InChI=1S/C12H11N5/c13-5-9-2-1-3-10(4-9)6-16-12-11(14)7-15-8-17-12/h1-4,7-8H,6,14H2,(H,15,16,17). The Morgan fingerprint density at radius 2 is 2.29 bits per heavy atom. The molecule has 0 amide bonds. The monoisotopic (exact) mass is 225 g/mol. The number of anilines is 2. The van der Waals surface area contributed by atoms with Gasteiger partial charge in [0.2, 0.25) is 0 Å². The lowest BCUT2D eigenvalue weighted by atomic mass is 10.1. The van der Waals surface area contributed by atoms with Gasteiger partial charge in [0.1, 0.15) is 6.33 Å². The van der Waals surface area contributed by atoms with Crippen LogP contribution in [0.5, 0.6) is 0 Å². The number of nitrogens with two attached hydrogens (primary N) is 1. The first-order valence-corrected chi connectivity index (χ1v) is 5.08. The Kier molecular flexibility index (Phi) is 3.17. The predicted molar refractivity (Wildman–Crippen MR) is 64.9 cm³/mol. The maximum absolute atomic E-state index is 8.78. The summed E-state index contributed by atoms with van der Waals surface area (Å²) >= 11 is 0. The van der Waals surface area contributed by atoms with Crippen LogP contribution in [0.15, 0.2) is 36.8 Å². The maximum atomic E-state index is 8.78. The molecule has 17 heavy (non-hydrogen) atoms. The van der Waals surface area contributed by atoms with Crippen molar-refractivity contribution in [2.75, 3.05) is 11.1 Å². The van der Waals surface area contributed by atoms with E-state index in [2.05, 4.69) is 21.4 Å². The zero-order chi connectivity index (χ0) is 12.1. The van der Waals surface area contributed by atoms with Crippen LogP contribution in [0.25, 0.3) is 0 Å². The minimum absolute atomic E-state index is 0.504. The van der Waals surface area contributed by atoms with Gasteiger partial charge in [0, 0.05) is 6.54 Å². The Labute approximate surface area is 98.9 Å². The average molecular weight is 225 g/mol. The van der Waals surface area contributed by atoms with Crippen LogP contribution in [0.4, 0.5) is 11.5 Å². The molecule has 84 valence electrons. The molecule has 2 rings (SSSR count). The normalized spacial score (nSPS) is 9.59. The van der Waals surface area contributed by atoms with Crippen LogP contribution in [0.3, 0.4) is 0 Å². The molecule has 0 aliphatic carbocycles. The van der Waals surface area contributed by atoms with Crippen molar-refractivity contribution in [2.24, 2.45) is 0 Å². The van der Waals surface area contributed by atoms with Crippen molar-refractivity contribution in [1.29, 1.82) is 5.26 Å². The van der Waals surface area contributed by atoms with Crippen molar-refractivity contribution in [3.05, 3.63) is 47.9 Å². The SMILES string of the molecule is N#Cc1cccc(CNc2ncncc2N)c1. The number of benzene rings is 1. The van der Waals surface area contributed by atoms with E-state index < -0.39 is 0 Å². The fourth-order valence-electron chi connectivity index (χ4n) is 1.42. The smallest absolute Gasteiger partial charge is 0.152 e. The molecule has 0 aliphatic rings. The second kappa shape index (κ2) is 4.94. The van der Waals surface area contributed by atoms with E-state index >= 15 is 0 Å². The molecular formula is C12H11N5. The Morgan fingerprint density at radius 1 is 1.41 bits per heavy atom. The van der Waals surface area contributed by atoms with Crippen molar-refractivity contribution in [2.45, 2.75) is 6.54 Å². The fraction of sp³-hybridized carbons (Fsp3) is 0.0833. The first kappa shape index (κ1) is 10.9. The molecule has 0 bridgehead atoms. The minimum atomic E-state index is 0.504. The molecule has 0 radical (unpaired) electrons. The minimum Gasteiger partial charge on any atom is -0.394 e. The second-order valence-electron chi connectivity index (χ2n) is 3.49. The number of hydrogen-bond donors (Lipinski definition) is 2. The van der Waals surface area contributed by atoms with Crippen molar-refractivity contribution in [3.8, 4) is 6.07 Å². The van der Waals surface area contributed by atoms with Gasteiger partial charge in [-0.25, -0.2) is 9.97 Å². The zero-order valence-corrected chi connectivity index (χ0v) is 9.09. The van der Waals surface area contributed by atoms with Gasteiger partial charge in [0.05, 0.1) is 23.5 Å². The molecule has 0 aliphatic heterocycles. The van der Waals surface area contributed by atoms with Gasteiger partial charge in [-0.3, -0.25) is 0 Å². The van der Waals surface area contributed by atoms with E-state index in [0.717, 1.165) is 5.56 Å². The molecule has 3 N–H and O–H groups in total. The Bertz CT molecular complexity index is 559. The molecule has 0 unspecified atom stereocenters. The molecule has 0 fully saturated rings. The number of nitrogens with zero attached hydrogens (tertiary/aromatic N) is 3. The van der Waals surface area contributed by atoms with E-state index in [1.165, 1.54) is 6.33 Å². The topological polar surface area (TPSA) is 87.6 Å². The highest BCUT2D eigenvalue weighted by Crippen LogP contribution is 2.13. The molecule has 0 saturated carbocycles. The van der Waals surface area contributed by atoms with Crippen LogP contribution in [0.1, 0.15) is 11.1 Å². The summed E-state index contributed by atoms with van der Waals surface area (Å²) in [5.74, 6) is 0.599. The molecule has 0 spiro atoms. The molecule has 0 saturated heterocycles. The van der Waals surface area contributed by atoms with Crippen LogP contribution in [0.2, 0.25) is 0 Å². The van der Waals surface area contributed by atoms with Gasteiger partial charge >= 0.3 is 0 Å². The predicted octanol–water partition coefficient (Wildman–Crippen LogP) is 1.54. The van der Waals surface area contributed by atoms with Gasteiger partial charge in [0.25, 0.3) is 0 Å². The molecular weight excluding hydrogens is 214 g/mol. The van der Waals surface area contributed by atoms with E-state index in [1.807, 2.05) is 18.2 Å². The van der Waals surface area contributed by atoms with Crippen molar-refractivity contribution < 1.29 is 0 Å². The van der Waals surface area contributed by atoms with E-state index in [-0.39, 0.29) is 0 Å². The van der Waals surface area contributed by atoms with Crippen LogP contribution >= 0.6 is 0 Å². The largest absolute Gasteiger partial charge is 0.394 e. The summed E-state index contributed by atoms with van der Waals surface area (Å²) < 4.78 is 0. The van der Waals surface area contributed by atoms with Gasteiger partial charge in [-0.1, -0.05) is 12.1 Å². The summed E-state index contributed by atoms with van der Waals surface area (Å²) in [7, 11) is 0. The van der Waals surface area contributed by atoms with Crippen molar-refractivity contribution in [3.63, 3.8) is 0 Å². The quantitative estimate of drug-likeness (QED) is 0.827. The van der Waals surface area contributed by atoms with Gasteiger partial charge in [-0.05, 0) is 17.7 Å². The first-order chi connectivity index (χ1) is 8.29. The lowest BCUT2D eigenvalue weighted by molar-refractivity contribution is 1.08. The summed E-state index contributed by atoms with van der Waals surface area (Å²) in [4.78, 5) is 7.83. The molecule has 2 aromatic rings. The third-order valence-corrected chi connectivity index (χ3v) is 2.26. The maximum Gasteiger partial charge on any atom is 0.152 e. The van der Waals surface area contributed by atoms with E-state index in [0.29, 0.717) is 23.6 Å². The second-order valence-corrected chi connectivity index (χ2v) is 3.49. The zero-order valence-electron chi connectivity index (χ0n) is 9.09. The highest BCUT2D eigenvalue weighted by atomic mass is 15.0. The van der Waals surface area contributed by atoms with Crippen LogP contribution < -0.4 is 11.1 Å². The molecule has 5 heteroatoms. The lowest BCUT2D eigenvalue weighted by Crippen LogP contribution is -2.04. The number of nitriles is 1. The first-order valence-electron chi connectivity index (χ1n) is 5.08. The average Bonchev–Trinajstić information content (AvgIpc) is 2.38. The third kappa shape index (κ3) is 2.69. The van der Waals surface area contributed by atoms with E-state index in [1.54, 1.807) is 12.3 Å².